The van der Waals surface area contributed by atoms with E-state index in [0.717, 1.165) is 19.4 Å². The van der Waals surface area contributed by atoms with Crippen molar-refractivity contribution < 1.29 is 4.79 Å². The number of carbonyl (C=O) groups excluding carboxylic acids is 1. The second-order valence-corrected chi connectivity index (χ2v) is 3.64. The molecule has 1 aliphatic rings. The number of hydrogen-bond acceptors (Lipinski definition) is 3. The molecule has 0 spiro atoms. The molecule has 1 unspecified atom stereocenters. The maximum Gasteiger partial charge on any atom is 0.138 e. The van der Waals surface area contributed by atoms with Crippen molar-refractivity contribution in [2.75, 3.05) is 20.1 Å². The lowest BCUT2D eigenvalue weighted by atomic mass is 9.92. The molecule has 0 amide bonds. The number of likely N-dealkylation sites (N-methyl/N-ethyl adjacent to an activating group) is 1. The summed E-state index contributed by atoms with van der Waals surface area (Å²) < 4.78 is 0. The van der Waals surface area contributed by atoms with E-state index >= 15 is 0 Å². The summed E-state index contributed by atoms with van der Waals surface area (Å²) >= 11 is 0. The molecule has 1 heterocycles. The molecule has 0 radical (unpaired) electrons. The third-order valence-electron chi connectivity index (χ3n) is 2.69. The number of hydrogen-bond donors (Lipinski definition) is 1. The highest BCUT2D eigenvalue weighted by Crippen LogP contribution is 2.18. The smallest absolute Gasteiger partial charge is 0.138 e. The predicted octanol–water partition coefficient (Wildman–Crippen LogP) is -0.133. The summed E-state index contributed by atoms with van der Waals surface area (Å²) in [7, 11) is 2.05. The average Bonchev–Trinajstić information content (AvgIpc) is 1.95. The van der Waals surface area contributed by atoms with Gasteiger partial charge in [0.2, 0.25) is 0 Å². The van der Waals surface area contributed by atoms with Gasteiger partial charge in [0.1, 0.15) is 6.29 Å². The molecule has 0 saturated carbocycles. The Morgan fingerprint density at radius 3 is 2.73 bits per heavy atom. The van der Waals surface area contributed by atoms with Crippen molar-refractivity contribution >= 4 is 6.29 Å². The molecule has 11 heavy (non-hydrogen) atoms. The Balaban J connectivity index is 2.72. The van der Waals surface area contributed by atoms with Gasteiger partial charge in [-0.15, -0.1) is 0 Å². The summed E-state index contributed by atoms with van der Waals surface area (Å²) in [5.41, 5.74) is -0.0417. The number of piperazine rings is 1. The Morgan fingerprint density at radius 1 is 1.64 bits per heavy atom. The fourth-order valence-electron chi connectivity index (χ4n) is 1.38. The van der Waals surface area contributed by atoms with Crippen molar-refractivity contribution in [3.63, 3.8) is 0 Å². The fraction of sp³-hybridized carbons (Fsp3) is 0.875. The molecule has 0 aromatic rings. The van der Waals surface area contributed by atoms with Crippen molar-refractivity contribution in [3.05, 3.63) is 0 Å². The van der Waals surface area contributed by atoms with Crippen LogP contribution in [0.25, 0.3) is 0 Å². The van der Waals surface area contributed by atoms with Gasteiger partial charge in [-0.25, -0.2) is 0 Å². The lowest BCUT2D eigenvalue weighted by Crippen LogP contribution is -2.63. The number of nitrogens with zero attached hydrogens (tertiary/aromatic N) is 1. The lowest BCUT2D eigenvalue weighted by Gasteiger charge is -2.44. The minimum Gasteiger partial charge on any atom is -0.305 e. The van der Waals surface area contributed by atoms with Gasteiger partial charge in [-0.1, -0.05) is 0 Å². The molecule has 1 atom stereocenters. The van der Waals surface area contributed by atoms with Crippen LogP contribution in [0.5, 0.6) is 0 Å². The van der Waals surface area contributed by atoms with Gasteiger partial charge in [-0.3, -0.25) is 4.90 Å². The zero-order valence-electron chi connectivity index (χ0n) is 7.42. The highest BCUT2D eigenvalue weighted by Gasteiger charge is 2.35. The van der Waals surface area contributed by atoms with Crippen molar-refractivity contribution in [2.24, 2.45) is 0 Å². The monoisotopic (exact) mass is 156 g/mol. The summed E-state index contributed by atoms with van der Waals surface area (Å²) in [6, 6.07) is -0.0266. The van der Waals surface area contributed by atoms with Gasteiger partial charge in [0.25, 0.3) is 0 Å². The summed E-state index contributed by atoms with van der Waals surface area (Å²) in [6.45, 7) is 6.08. The Labute approximate surface area is 67.8 Å². The quantitative estimate of drug-likeness (QED) is 0.537. The van der Waals surface area contributed by atoms with Crippen LogP contribution < -0.4 is 5.32 Å². The number of rotatable bonds is 1. The zero-order chi connectivity index (χ0) is 8.48. The second-order valence-electron chi connectivity index (χ2n) is 3.64. The van der Waals surface area contributed by atoms with Gasteiger partial charge in [0, 0.05) is 18.6 Å². The molecule has 0 bridgehead atoms. The molecular weight excluding hydrogens is 140 g/mol. The molecular formula is C8H16N2O. The maximum absolute atomic E-state index is 10.6. The van der Waals surface area contributed by atoms with Crippen molar-refractivity contribution in [3.8, 4) is 0 Å². The number of carbonyl (C=O) groups is 1. The van der Waals surface area contributed by atoms with E-state index in [1.54, 1.807) is 0 Å². The first-order valence-corrected chi connectivity index (χ1v) is 3.99. The molecule has 1 aliphatic heterocycles. The standard InChI is InChI=1S/C8H16N2O/c1-8(2)7(6-11)9-4-5-10(8)3/h6-7,9H,4-5H2,1-3H3. The summed E-state index contributed by atoms with van der Waals surface area (Å²) in [6.07, 6.45) is 0.996. The summed E-state index contributed by atoms with van der Waals surface area (Å²) in [5.74, 6) is 0. The number of aldehydes is 1. The Kier molecular flexibility index (Phi) is 2.30. The largest absolute Gasteiger partial charge is 0.305 e. The van der Waals surface area contributed by atoms with Gasteiger partial charge in [0.15, 0.2) is 0 Å². The van der Waals surface area contributed by atoms with E-state index in [4.69, 9.17) is 0 Å². The van der Waals surface area contributed by atoms with Crippen LogP contribution in [-0.4, -0.2) is 42.9 Å². The highest BCUT2D eigenvalue weighted by molar-refractivity contribution is 5.60. The molecule has 0 aromatic heterocycles. The fourth-order valence-corrected chi connectivity index (χ4v) is 1.38. The topological polar surface area (TPSA) is 32.3 Å². The first-order valence-electron chi connectivity index (χ1n) is 3.99. The SMILES string of the molecule is CN1CCNC(C=O)C1(C)C. The summed E-state index contributed by atoms with van der Waals surface area (Å²) in [5, 5.41) is 3.18. The molecule has 1 N–H and O–H groups in total. The zero-order valence-corrected chi connectivity index (χ0v) is 7.42. The Bertz CT molecular complexity index is 156. The third-order valence-corrected chi connectivity index (χ3v) is 2.69. The highest BCUT2D eigenvalue weighted by atomic mass is 16.1. The molecule has 0 aromatic carbocycles. The van der Waals surface area contributed by atoms with Gasteiger partial charge in [0.05, 0.1) is 6.04 Å². The van der Waals surface area contributed by atoms with Crippen LogP contribution in [-0.2, 0) is 4.79 Å². The van der Waals surface area contributed by atoms with Crippen LogP contribution >= 0.6 is 0 Å². The van der Waals surface area contributed by atoms with Crippen LogP contribution in [0.15, 0.2) is 0 Å². The van der Waals surface area contributed by atoms with Crippen LogP contribution in [0.4, 0.5) is 0 Å². The molecule has 64 valence electrons. The van der Waals surface area contributed by atoms with E-state index < -0.39 is 0 Å². The first-order chi connectivity index (χ1) is 5.09. The van der Waals surface area contributed by atoms with Gasteiger partial charge in [-0.2, -0.15) is 0 Å². The molecule has 1 rings (SSSR count). The third kappa shape index (κ3) is 1.44. The van der Waals surface area contributed by atoms with Gasteiger partial charge in [-0.05, 0) is 20.9 Å². The first kappa shape index (κ1) is 8.68. The van der Waals surface area contributed by atoms with Gasteiger partial charge < -0.3 is 10.1 Å². The van der Waals surface area contributed by atoms with Crippen LogP contribution in [0, 0.1) is 0 Å². The molecule has 3 nitrogen and oxygen atoms in total. The Hall–Kier alpha value is -0.410. The predicted molar refractivity (Wildman–Crippen MR) is 44.6 cm³/mol. The van der Waals surface area contributed by atoms with Crippen molar-refractivity contribution in [2.45, 2.75) is 25.4 Å². The van der Waals surface area contributed by atoms with Crippen LogP contribution in [0.3, 0.4) is 0 Å². The van der Waals surface area contributed by atoms with Gasteiger partial charge >= 0.3 is 0 Å². The van der Waals surface area contributed by atoms with Crippen molar-refractivity contribution in [1.82, 2.24) is 10.2 Å². The summed E-state index contributed by atoms with van der Waals surface area (Å²) in [4.78, 5) is 12.8. The molecule has 0 aliphatic carbocycles. The van der Waals surface area contributed by atoms with Crippen molar-refractivity contribution in [1.29, 1.82) is 0 Å². The normalized spacial score (nSPS) is 31.7. The van der Waals surface area contributed by atoms with E-state index in [1.807, 2.05) is 0 Å². The van der Waals surface area contributed by atoms with E-state index in [2.05, 4.69) is 31.1 Å². The van der Waals surface area contributed by atoms with Crippen LogP contribution in [0.2, 0.25) is 0 Å². The minimum absolute atomic E-state index is 0.0266. The molecule has 1 saturated heterocycles. The number of nitrogens with one attached hydrogen (secondary N) is 1. The minimum atomic E-state index is -0.0417. The van der Waals surface area contributed by atoms with E-state index in [-0.39, 0.29) is 11.6 Å². The molecule has 1 fully saturated rings. The Morgan fingerprint density at radius 2 is 2.27 bits per heavy atom. The van der Waals surface area contributed by atoms with E-state index in [9.17, 15) is 4.79 Å². The van der Waals surface area contributed by atoms with E-state index in [0.29, 0.717) is 0 Å². The lowest BCUT2D eigenvalue weighted by molar-refractivity contribution is -0.113. The average molecular weight is 156 g/mol. The maximum atomic E-state index is 10.6. The van der Waals surface area contributed by atoms with E-state index in [1.165, 1.54) is 0 Å². The second kappa shape index (κ2) is 2.91. The van der Waals surface area contributed by atoms with Crippen LogP contribution in [0.1, 0.15) is 13.8 Å². The molecule has 3 heteroatoms.